The third kappa shape index (κ3) is 0.603. The van der Waals surface area contributed by atoms with Gasteiger partial charge in [0, 0.05) is 5.56 Å². The van der Waals surface area contributed by atoms with Gasteiger partial charge in [-0.25, -0.2) is 9.97 Å². The molecule has 0 bridgehead atoms. The highest BCUT2D eigenvalue weighted by molar-refractivity contribution is 5.75. The van der Waals surface area contributed by atoms with Crippen LogP contribution in [-0.4, -0.2) is 9.97 Å². The Morgan fingerprint density at radius 3 is 3.20 bits per heavy atom. The van der Waals surface area contributed by atoms with E-state index >= 15 is 0 Å². The van der Waals surface area contributed by atoms with Crippen molar-refractivity contribution in [1.29, 1.82) is 0 Å². The average molecular weight is 134 g/mol. The van der Waals surface area contributed by atoms with Gasteiger partial charge in [0.1, 0.15) is 11.0 Å². The van der Waals surface area contributed by atoms with Crippen molar-refractivity contribution in [1.82, 2.24) is 9.97 Å². The van der Waals surface area contributed by atoms with Crippen LogP contribution in [-0.2, 0) is 0 Å². The van der Waals surface area contributed by atoms with E-state index in [2.05, 4.69) is 15.0 Å². The summed E-state index contributed by atoms with van der Waals surface area (Å²) in [5.74, 6) is 0. The number of nitrogens with zero attached hydrogens (tertiary/aromatic N) is 1. The largest absolute Gasteiger partial charge is 0.340 e. The van der Waals surface area contributed by atoms with E-state index in [9.17, 15) is 0 Å². The summed E-state index contributed by atoms with van der Waals surface area (Å²) < 4.78 is 0. The fourth-order valence-corrected chi connectivity index (χ4v) is 1.05. The Morgan fingerprint density at radius 1 is 1.50 bits per heavy atom. The van der Waals surface area contributed by atoms with Crippen LogP contribution in [0.25, 0.3) is 11.0 Å². The summed E-state index contributed by atoms with van der Waals surface area (Å²) in [6.45, 7) is 2.03. The Morgan fingerprint density at radius 2 is 2.40 bits per heavy atom. The van der Waals surface area contributed by atoms with Gasteiger partial charge in [0.2, 0.25) is 0 Å². The molecule has 10 heavy (non-hydrogen) atoms. The summed E-state index contributed by atoms with van der Waals surface area (Å²) in [5, 5.41) is 0. The minimum absolute atomic E-state index is 1.04. The summed E-state index contributed by atoms with van der Waals surface area (Å²) in [4.78, 5) is 10.2. The number of nitrogens with one attached hydrogen (secondary N) is 2. The molecule has 3 heteroatoms. The van der Waals surface area contributed by atoms with Crippen LogP contribution in [0.1, 0.15) is 5.56 Å². The van der Waals surface area contributed by atoms with Crippen LogP contribution in [0.15, 0.2) is 18.7 Å². The predicted molar refractivity (Wildman–Crippen MR) is 37.4 cm³/mol. The van der Waals surface area contributed by atoms with Crippen molar-refractivity contribution in [2.24, 2.45) is 0 Å². The number of rotatable bonds is 0. The molecule has 0 aliphatic rings. The van der Waals surface area contributed by atoms with Crippen LogP contribution >= 0.6 is 0 Å². The summed E-state index contributed by atoms with van der Waals surface area (Å²) in [6.07, 6.45) is 5.53. The summed E-state index contributed by atoms with van der Waals surface area (Å²) in [7, 11) is 0. The quantitative estimate of drug-likeness (QED) is 0.565. The third-order valence-corrected chi connectivity index (χ3v) is 1.57. The van der Waals surface area contributed by atoms with E-state index in [-0.39, 0.29) is 0 Å². The van der Waals surface area contributed by atoms with Gasteiger partial charge in [0.05, 0.1) is 6.33 Å². The molecule has 50 valence electrons. The Kier molecular flexibility index (Phi) is 0.974. The molecule has 2 aromatic heterocycles. The van der Waals surface area contributed by atoms with Gasteiger partial charge in [-0.2, -0.15) is 0 Å². The lowest BCUT2D eigenvalue weighted by atomic mass is 10.3. The number of aromatic nitrogens is 3. The van der Waals surface area contributed by atoms with Crippen LogP contribution in [0.4, 0.5) is 0 Å². The second-order valence-corrected chi connectivity index (χ2v) is 2.30. The first-order valence-corrected chi connectivity index (χ1v) is 3.18. The van der Waals surface area contributed by atoms with E-state index in [0.29, 0.717) is 0 Å². The highest BCUT2D eigenvalue weighted by Gasteiger charge is 2.00. The first-order valence-electron chi connectivity index (χ1n) is 3.18. The predicted octanol–water partition coefficient (Wildman–Crippen LogP) is 0.685. The zero-order chi connectivity index (χ0) is 6.97. The number of pyridine rings is 1. The minimum Gasteiger partial charge on any atom is -0.340 e. The lowest BCUT2D eigenvalue weighted by Crippen LogP contribution is -1.99. The van der Waals surface area contributed by atoms with Crippen LogP contribution in [0, 0.1) is 6.92 Å². The van der Waals surface area contributed by atoms with Gasteiger partial charge in [-0.1, -0.05) is 0 Å². The van der Waals surface area contributed by atoms with Gasteiger partial charge in [0.15, 0.2) is 12.4 Å². The Labute approximate surface area is 58.1 Å². The fraction of sp³-hybridized carbons (Fsp3) is 0.143. The number of H-pyrrole nitrogens is 2. The molecule has 0 radical (unpaired) electrons. The molecule has 2 rings (SSSR count). The molecule has 2 heterocycles. The number of hydrogen-bond acceptors (Lipinski definition) is 1. The highest BCUT2D eigenvalue weighted by Crippen LogP contribution is 2.08. The van der Waals surface area contributed by atoms with Crippen LogP contribution in [0.2, 0.25) is 0 Å². The van der Waals surface area contributed by atoms with E-state index in [1.807, 2.05) is 19.3 Å². The molecule has 0 atom stereocenters. The molecular formula is C7H8N3+. The molecule has 0 aromatic carbocycles. The van der Waals surface area contributed by atoms with Crippen molar-refractivity contribution in [3.63, 3.8) is 0 Å². The molecular weight excluding hydrogens is 126 g/mol. The summed E-state index contributed by atoms with van der Waals surface area (Å²) in [5.41, 5.74) is 3.26. The summed E-state index contributed by atoms with van der Waals surface area (Å²) >= 11 is 0. The van der Waals surface area contributed by atoms with Gasteiger partial charge in [-0.05, 0) is 6.92 Å². The Hall–Kier alpha value is -1.38. The van der Waals surface area contributed by atoms with Crippen molar-refractivity contribution in [3.05, 3.63) is 24.3 Å². The van der Waals surface area contributed by atoms with E-state index in [0.717, 1.165) is 11.0 Å². The number of fused-ring (bicyclic) bond motifs is 1. The maximum atomic E-state index is 4.14. The molecule has 0 spiro atoms. The van der Waals surface area contributed by atoms with Gasteiger partial charge in [-0.15, -0.1) is 0 Å². The molecule has 2 aromatic rings. The smallest absolute Gasteiger partial charge is 0.193 e. The normalized spacial score (nSPS) is 10.5. The number of hydrogen-bond donors (Lipinski definition) is 1. The number of imidazole rings is 1. The molecule has 2 N–H and O–H groups in total. The van der Waals surface area contributed by atoms with Gasteiger partial charge < -0.3 is 4.98 Å². The van der Waals surface area contributed by atoms with E-state index < -0.39 is 0 Å². The lowest BCUT2D eigenvalue weighted by molar-refractivity contribution is -0.376. The zero-order valence-corrected chi connectivity index (χ0v) is 5.68. The van der Waals surface area contributed by atoms with Crippen LogP contribution in [0.3, 0.4) is 0 Å². The standard InChI is InChI=1S/C7H7N3/c1-5-2-8-3-6-7(5)10-4-9-6/h2-4H,1H3,(H,9,10)/p+1. The molecule has 0 fully saturated rings. The van der Waals surface area contributed by atoms with Crippen molar-refractivity contribution in [2.45, 2.75) is 6.92 Å². The third-order valence-electron chi connectivity index (χ3n) is 1.57. The fourth-order valence-electron chi connectivity index (χ4n) is 1.05. The van der Waals surface area contributed by atoms with Gasteiger partial charge in [-0.3, -0.25) is 0 Å². The monoisotopic (exact) mass is 134 g/mol. The second kappa shape index (κ2) is 1.80. The maximum absolute atomic E-state index is 4.14. The van der Waals surface area contributed by atoms with Gasteiger partial charge in [0.25, 0.3) is 0 Å². The molecule has 0 aliphatic carbocycles. The van der Waals surface area contributed by atoms with E-state index in [1.54, 1.807) is 6.33 Å². The number of aryl methyl sites for hydroxylation is 1. The van der Waals surface area contributed by atoms with Crippen molar-refractivity contribution >= 4 is 11.0 Å². The summed E-state index contributed by atoms with van der Waals surface area (Å²) in [6, 6.07) is 0. The Bertz CT molecular complexity index is 350. The maximum Gasteiger partial charge on any atom is 0.193 e. The Balaban J connectivity index is 2.95. The minimum atomic E-state index is 1.04. The molecule has 0 saturated heterocycles. The van der Waals surface area contributed by atoms with E-state index in [1.165, 1.54) is 5.56 Å². The molecule has 3 nitrogen and oxygen atoms in total. The topological polar surface area (TPSA) is 42.8 Å². The second-order valence-electron chi connectivity index (χ2n) is 2.30. The van der Waals surface area contributed by atoms with Crippen LogP contribution < -0.4 is 4.98 Å². The zero-order valence-electron chi connectivity index (χ0n) is 5.68. The first kappa shape index (κ1) is 5.41. The van der Waals surface area contributed by atoms with Gasteiger partial charge >= 0.3 is 0 Å². The molecule has 0 aliphatic heterocycles. The lowest BCUT2D eigenvalue weighted by Gasteiger charge is -1.84. The highest BCUT2D eigenvalue weighted by atomic mass is 14.9. The van der Waals surface area contributed by atoms with Crippen molar-refractivity contribution in [2.75, 3.05) is 0 Å². The SMILES string of the molecule is Cc1c[nH+]cc2[nH]cnc12. The van der Waals surface area contributed by atoms with Crippen molar-refractivity contribution in [3.8, 4) is 0 Å². The molecule has 0 saturated carbocycles. The van der Waals surface area contributed by atoms with Crippen LogP contribution in [0.5, 0.6) is 0 Å². The molecule has 0 amide bonds. The first-order chi connectivity index (χ1) is 4.88. The molecule has 0 unspecified atom stereocenters. The van der Waals surface area contributed by atoms with Crippen molar-refractivity contribution < 1.29 is 4.98 Å². The number of aromatic amines is 2. The average Bonchev–Trinajstić information content (AvgIpc) is 2.36. The van der Waals surface area contributed by atoms with E-state index in [4.69, 9.17) is 0 Å².